The SMILES string of the molecule is CC(C)(C)OC(=O)C=CC1(O)CCN(C(=O)OC(I)c2ccc([N+](=O)[O-])cc2)CC1. The molecule has 0 aromatic heterocycles. The zero-order chi connectivity index (χ0) is 22.5. The summed E-state index contributed by atoms with van der Waals surface area (Å²) in [6, 6.07) is 5.79. The number of hydrogen-bond acceptors (Lipinski definition) is 7. The molecule has 1 aromatic carbocycles. The molecule has 0 saturated carbocycles. The van der Waals surface area contributed by atoms with Gasteiger partial charge in [-0.15, -0.1) is 0 Å². The van der Waals surface area contributed by atoms with Gasteiger partial charge in [-0.05, 0) is 74.4 Å². The van der Waals surface area contributed by atoms with Gasteiger partial charge in [0.05, 0.1) is 10.5 Å². The van der Waals surface area contributed by atoms with Crippen molar-refractivity contribution in [2.75, 3.05) is 13.1 Å². The Balaban J connectivity index is 1.87. The summed E-state index contributed by atoms with van der Waals surface area (Å²) in [6.45, 7) is 5.80. The molecule has 1 aliphatic heterocycles. The number of amides is 1. The van der Waals surface area contributed by atoms with Crippen molar-refractivity contribution in [1.29, 1.82) is 0 Å². The van der Waals surface area contributed by atoms with Gasteiger partial charge in [0.1, 0.15) is 5.60 Å². The lowest BCUT2D eigenvalue weighted by molar-refractivity contribution is -0.384. The van der Waals surface area contributed by atoms with Gasteiger partial charge in [-0.1, -0.05) is 0 Å². The predicted octanol–water partition coefficient (Wildman–Crippen LogP) is 3.89. The molecule has 30 heavy (non-hydrogen) atoms. The van der Waals surface area contributed by atoms with E-state index in [2.05, 4.69) is 0 Å². The van der Waals surface area contributed by atoms with E-state index in [1.54, 1.807) is 32.9 Å². The first-order valence-electron chi connectivity index (χ1n) is 9.37. The summed E-state index contributed by atoms with van der Waals surface area (Å²) in [4.78, 5) is 35.9. The maximum atomic E-state index is 12.4. The number of carbonyl (C=O) groups is 2. The Morgan fingerprint density at radius 3 is 2.33 bits per heavy atom. The van der Waals surface area contributed by atoms with Crippen molar-refractivity contribution in [2.24, 2.45) is 0 Å². The molecule has 1 aliphatic rings. The second-order valence-corrected chi connectivity index (χ2v) is 9.14. The molecule has 0 radical (unpaired) electrons. The van der Waals surface area contributed by atoms with E-state index in [-0.39, 0.29) is 31.6 Å². The third kappa shape index (κ3) is 7.24. The Bertz CT molecular complexity index is 809. The monoisotopic (exact) mass is 532 g/mol. The summed E-state index contributed by atoms with van der Waals surface area (Å²) in [5.41, 5.74) is -1.22. The predicted molar refractivity (Wildman–Crippen MR) is 117 cm³/mol. The molecule has 164 valence electrons. The van der Waals surface area contributed by atoms with Gasteiger partial charge in [-0.25, -0.2) is 9.59 Å². The van der Waals surface area contributed by atoms with Crippen LogP contribution >= 0.6 is 22.6 Å². The normalized spacial score (nSPS) is 17.4. The van der Waals surface area contributed by atoms with E-state index in [9.17, 15) is 24.8 Å². The van der Waals surface area contributed by atoms with Crippen molar-refractivity contribution in [3.05, 3.63) is 52.1 Å². The summed E-state index contributed by atoms with van der Waals surface area (Å²) < 4.78 is 10.00. The molecule has 2 rings (SSSR count). The third-order valence-corrected chi connectivity index (χ3v) is 5.37. The first-order valence-corrected chi connectivity index (χ1v) is 10.6. The van der Waals surface area contributed by atoms with Crippen molar-refractivity contribution < 1.29 is 29.1 Å². The van der Waals surface area contributed by atoms with Gasteiger partial charge < -0.3 is 19.5 Å². The number of ether oxygens (including phenoxy) is 2. The topological polar surface area (TPSA) is 119 Å². The summed E-state index contributed by atoms with van der Waals surface area (Å²) >= 11 is 1.93. The van der Waals surface area contributed by atoms with Crippen molar-refractivity contribution in [3.8, 4) is 0 Å². The van der Waals surface area contributed by atoms with Crippen LogP contribution in [0.25, 0.3) is 0 Å². The van der Waals surface area contributed by atoms with Crippen LogP contribution < -0.4 is 0 Å². The highest BCUT2D eigenvalue weighted by Gasteiger charge is 2.33. The average molecular weight is 532 g/mol. The summed E-state index contributed by atoms with van der Waals surface area (Å²) in [7, 11) is 0. The van der Waals surface area contributed by atoms with Crippen LogP contribution in [0.15, 0.2) is 36.4 Å². The number of benzene rings is 1. The van der Waals surface area contributed by atoms with Gasteiger partial charge in [0.2, 0.25) is 0 Å². The van der Waals surface area contributed by atoms with Crippen molar-refractivity contribution >= 4 is 40.3 Å². The van der Waals surface area contributed by atoms with Crippen molar-refractivity contribution in [2.45, 2.75) is 48.9 Å². The molecule has 1 amide bonds. The third-order valence-electron chi connectivity index (χ3n) is 4.39. The Hall–Kier alpha value is -2.21. The molecule has 1 aromatic rings. The molecular formula is C20H25IN2O7. The maximum absolute atomic E-state index is 12.4. The molecule has 0 spiro atoms. The number of hydrogen-bond donors (Lipinski definition) is 1. The lowest BCUT2D eigenvalue weighted by Gasteiger charge is -2.36. The summed E-state index contributed by atoms with van der Waals surface area (Å²) in [5.74, 6) is -0.534. The first kappa shape index (κ1) is 24.1. The molecule has 1 unspecified atom stereocenters. The minimum Gasteiger partial charge on any atom is -0.457 e. The second-order valence-electron chi connectivity index (χ2n) is 8.01. The fourth-order valence-electron chi connectivity index (χ4n) is 2.78. The highest BCUT2D eigenvalue weighted by molar-refractivity contribution is 14.1. The number of nitrogens with zero attached hydrogens (tertiary/aromatic N) is 2. The number of piperidine rings is 1. The number of nitro benzene ring substituents is 1. The number of aliphatic hydroxyl groups is 1. The summed E-state index contributed by atoms with van der Waals surface area (Å²) in [5, 5.41) is 21.3. The Morgan fingerprint density at radius 2 is 1.83 bits per heavy atom. The van der Waals surface area contributed by atoms with Crippen molar-refractivity contribution in [3.63, 3.8) is 0 Å². The molecule has 9 nitrogen and oxygen atoms in total. The van der Waals surface area contributed by atoms with Crippen LogP contribution in [0, 0.1) is 10.1 Å². The van der Waals surface area contributed by atoms with Gasteiger partial charge in [0.25, 0.3) is 5.69 Å². The number of likely N-dealkylation sites (tertiary alicyclic amines) is 1. The molecule has 10 heteroatoms. The number of nitro groups is 1. The Morgan fingerprint density at radius 1 is 1.27 bits per heavy atom. The van der Waals surface area contributed by atoms with Gasteiger partial charge in [0.15, 0.2) is 4.11 Å². The average Bonchev–Trinajstić information content (AvgIpc) is 2.65. The molecule has 0 aliphatic carbocycles. The largest absolute Gasteiger partial charge is 0.457 e. The first-order chi connectivity index (χ1) is 13.9. The van der Waals surface area contributed by atoms with Crippen LogP contribution in [-0.2, 0) is 14.3 Å². The van der Waals surface area contributed by atoms with E-state index in [4.69, 9.17) is 9.47 Å². The van der Waals surface area contributed by atoms with Crippen LogP contribution in [0.1, 0.15) is 43.3 Å². The highest BCUT2D eigenvalue weighted by Crippen LogP contribution is 2.29. The van der Waals surface area contributed by atoms with Crippen LogP contribution in [-0.4, -0.2) is 51.3 Å². The Kier molecular flexibility index (Phi) is 7.81. The lowest BCUT2D eigenvalue weighted by atomic mass is 9.91. The minimum absolute atomic E-state index is 0.0385. The molecule has 1 N–H and O–H groups in total. The van der Waals surface area contributed by atoms with E-state index in [1.807, 2.05) is 22.6 Å². The zero-order valence-electron chi connectivity index (χ0n) is 17.0. The molecule has 0 bridgehead atoms. The van der Waals surface area contributed by atoms with E-state index >= 15 is 0 Å². The van der Waals surface area contributed by atoms with E-state index in [0.29, 0.717) is 5.56 Å². The molecule has 1 saturated heterocycles. The van der Waals surface area contributed by atoms with Crippen LogP contribution in [0.3, 0.4) is 0 Å². The summed E-state index contributed by atoms with van der Waals surface area (Å²) in [6.07, 6.45) is 2.61. The highest BCUT2D eigenvalue weighted by atomic mass is 127. The zero-order valence-corrected chi connectivity index (χ0v) is 19.2. The van der Waals surface area contributed by atoms with Gasteiger partial charge in [-0.2, -0.15) is 0 Å². The number of rotatable bonds is 5. The fraction of sp³-hybridized carbons (Fsp3) is 0.500. The fourth-order valence-corrected chi connectivity index (χ4v) is 3.41. The van der Waals surface area contributed by atoms with Gasteiger partial charge in [0, 0.05) is 36.9 Å². The van der Waals surface area contributed by atoms with Crippen molar-refractivity contribution in [1.82, 2.24) is 4.90 Å². The smallest absolute Gasteiger partial charge is 0.411 e. The molecular weight excluding hydrogens is 507 g/mol. The van der Waals surface area contributed by atoms with Gasteiger partial charge in [-0.3, -0.25) is 10.1 Å². The van der Waals surface area contributed by atoms with E-state index in [0.717, 1.165) is 0 Å². The number of non-ortho nitro benzene ring substituents is 1. The van der Waals surface area contributed by atoms with Crippen LogP contribution in [0.2, 0.25) is 0 Å². The minimum atomic E-state index is -1.20. The molecule has 1 fully saturated rings. The number of esters is 1. The number of alkyl halides is 1. The second kappa shape index (κ2) is 9.73. The van der Waals surface area contributed by atoms with Crippen LogP contribution in [0.5, 0.6) is 0 Å². The Labute approximate surface area is 188 Å². The quantitative estimate of drug-likeness (QED) is 0.153. The maximum Gasteiger partial charge on any atom is 0.411 e. The number of carbonyl (C=O) groups excluding carboxylic acids is 2. The van der Waals surface area contributed by atoms with Gasteiger partial charge >= 0.3 is 12.1 Å². The lowest BCUT2D eigenvalue weighted by Crippen LogP contribution is -2.46. The molecule has 1 atom stereocenters. The molecule has 1 heterocycles. The van der Waals surface area contributed by atoms with E-state index in [1.165, 1.54) is 29.2 Å². The van der Waals surface area contributed by atoms with E-state index < -0.39 is 32.3 Å². The number of halogens is 1. The van der Waals surface area contributed by atoms with Crippen LogP contribution in [0.4, 0.5) is 10.5 Å². The standard InChI is InChI=1S/C20H25IN2O7/c1-19(2,3)30-16(24)8-9-20(26)10-12-22(13-11-20)18(25)29-17(21)14-4-6-15(7-5-14)23(27)28/h4-9,17,26H,10-13H2,1-3H3.